The first-order valence-corrected chi connectivity index (χ1v) is 16.2. The zero-order valence-electron chi connectivity index (χ0n) is 27.1. The topological polar surface area (TPSA) is 110 Å². The number of carbonyl (C=O) groups excluding carboxylic acids is 2. The average Bonchev–Trinajstić information content (AvgIpc) is 3.25. The van der Waals surface area contributed by atoms with Crippen LogP contribution in [0.3, 0.4) is 0 Å². The van der Waals surface area contributed by atoms with Gasteiger partial charge in [0.15, 0.2) is 0 Å². The molecule has 0 radical (unpaired) electrons. The molecule has 2 saturated heterocycles. The molecule has 1 unspecified atom stereocenters. The Bertz CT molecular complexity index is 1740. The molecular weight excluding hydrogens is 580 g/mol. The Kier molecular flexibility index (Phi) is 9.05. The van der Waals surface area contributed by atoms with Gasteiger partial charge in [-0.25, -0.2) is 19.7 Å². The highest BCUT2D eigenvalue weighted by Crippen LogP contribution is 2.40. The molecular formula is C36H42N6O4. The van der Waals surface area contributed by atoms with Crippen LogP contribution in [-0.4, -0.2) is 63.1 Å². The minimum atomic E-state index is -0.545. The van der Waals surface area contributed by atoms with E-state index in [-0.39, 0.29) is 18.0 Å². The predicted molar refractivity (Wildman–Crippen MR) is 179 cm³/mol. The van der Waals surface area contributed by atoms with Gasteiger partial charge in [0.1, 0.15) is 11.4 Å². The summed E-state index contributed by atoms with van der Waals surface area (Å²) in [5.41, 5.74) is 2.71. The van der Waals surface area contributed by atoms with E-state index in [9.17, 15) is 9.59 Å². The minimum absolute atomic E-state index is 0.00949. The van der Waals surface area contributed by atoms with Crippen molar-refractivity contribution >= 4 is 34.4 Å². The van der Waals surface area contributed by atoms with Gasteiger partial charge >= 0.3 is 6.09 Å². The second-order valence-electron chi connectivity index (χ2n) is 13.1. The maximum absolute atomic E-state index is 13.0. The lowest BCUT2D eigenvalue weighted by atomic mass is 10.0. The first-order valence-electron chi connectivity index (χ1n) is 16.2. The summed E-state index contributed by atoms with van der Waals surface area (Å²) in [6.45, 7) is 9.52. The SMILES string of the molecule is Cc1ccc2c(N3CCCCCC3=O)cccc2c1Oc1ncccc1-c1ccnc(NC2CCCN(C(=O)OC(C)(C)C)C2)n1. The van der Waals surface area contributed by atoms with E-state index in [4.69, 9.17) is 14.5 Å². The van der Waals surface area contributed by atoms with Gasteiger partial charge in [-0.1, -0.05) is 30.7 Å². The minimum Gasteiger partial charge on any atom is -0.444 e. The number of ether oxygens (including phenoxy) is 2. The van der Waals surface area contributed by atoms with Crippen molar-refractivity contribution < 1.29 is 19.1 Å². The summed E-state index contributed by atoms with van der Waals surface area (Å²) in [6, 6.07) is 15.8. The maximum atomic E-state index is 13.0. The lowest BCUT2D eigenvalue weighted by Crippen LogP contribution is -2.47. The lowest BCUT2D eigenvalue weighted by molar-refractivity contribution is -0.118. The molecule has 6 rings (SSSR count). The fourth-order valence-corrected chi connectivity index (χ4v) is 6.14. The van der Waals surface area contributed by atoms with Crippen LogP contribution in [0.1, 0.15) is 64.9 Å². The molecule has 1 atom stereocenters. The van der Waals surface area contributed by atoms with E-state index in [1.165, 1.54) is 0 Å². The summed E-state index contributed by atoms with van der Waals surface area (Å²) in [6.07, 6.45) is 8.41. The average molecular weight is 623 g/mol. The molecule has 4 aromatic rings. The predicted octanol–water partition coefficient (Wildman–Crippen LogP) is 7.51. The number of hydrogen-bond donors (Lipinski definition) is 1. The highest BCUT2D eigenvalue weighted by Gasteiger charge is 2.28. The van der Waals surface area contributed by atoms with Crippen LogP contribution in [0.25, 0.3) is 22.0 Å². The number of carbonyl (C=O) groups is 2. The fourth-order valence-electron chi connectivity index (χ4n) is 6.14. The van der Waals surface area contributed by atoms with Gasteiger partial charge in [0.25, 0.3) is 0 Å². The number of aryl methyl sites for hydroxylation is 1. The number of anilines is 2. The molecule has 10 heteroatoms. The Labute approximate surface area is 270 Å². The van der Waals surface area contributed by atoms with Crippen molar-refractivity contribution in [2.45, 2.75) is 77.9 Å². The van der Waals surface area contributed by atoms with Crippen LogP contribution in [0, 0.1) is 6.92 Å². The smallest absolute Gasteiger partial charge is 0.410 e. The Morgan fingerprint density at radius 2 is 1.80 bits per heavy atom. The van der Waals surface area contributed by atoms with E-state index in [0.29, 0.717) is 42.8 Å². The van der Waals surface area contributed by atoms with Crippen LogP contribution in [0.2, 0.25) is 0 Å². The number of fused-ring (bicyclic) bond motifs is 1. The van der Waals surface area contributed by atoms with Gasteiger partial charge in [-0.15, -0.1) is 0 Å². The quantitative estimate of drug-likeness (QED) is 0.235. The van der Waals surface area contributed by atoms with E-state index < -0.39 is 5.60 Å². The van der Waals surface area contributed by atoms with Crippen molar-refractivity contribution in [3.05, 3.63) is 66.5 Å². The van der Waals surface area contributed by atoms with Crippen LogP contribution < -0.4 is 15.0 Å². The number of piperidine rings is 1. The summed E-state index contributed by atoms with van der Waals surface area (Å²) >= 11 is 0. The molecule has 2 fully saturated rings. The van der Waals surface area contributed by atoms with Crippen molar-refractivity contribution in [1.82, 2.24) is 19.9 Å². The molecule has 240 valence electrons. The summed E-state index contributed by atoms with van der Waals surface area (Å²) in [5, 5.41) is 5.31. The van der Waals surface area contributed by atoms with Crippen LogP contribution >= 0.6 is 0 Å². The first kappa shape index (κ1) is 31.3. The van der Waals surface area contributed by atoms with Gasteiger partial charge in [-0.05, 0) is 83.2 Å². The van der Waals surface area contributed by atoms with Crippen molar-refractivity contribution in [1.29, 1.82) is 0 Å². The number of amides is 2. The van der Waals surface area contributed by atoms with E-state index >= 15 is 0 Å². The molecule has 2 amide bonds. The van der Waals surface area contributed by atoms with Gasteiger partial charge in [0.2, 0.25) is 17.7 Å². The number of nitrogens with zero attached hydrogens (tertiary/aromatic N) is 5. The first-order chi connectivity index (χ1) is 22.2. The fraction of sp³-hybridized carbons (Fsp3) is 0.417. The van der Waals surface area contributed by atoms with E-state index in [2.05, 4.69) is 21.4 Å². The third-order valence-corrected chi connectivity index (χ3v) is 8.36. The Hall–Kier alpha value is -4.73. The summed E-state index contributed by atoms with van der Waals surface area (Å²) in [4.78, 5) is 43.3. The third-order valence-electron chi connectivity index (χ3n) is 8.36. The molecule has 0 spiro atoms. The monoisotopic (exact) mass is 622 g/mol. The van der Waals surface area contributed by atoms with Gasteiger partial charge in [0.05, 0.1) is 16.9 Å². The third kappa shape index (κ3) is 7.06. The van der Waals surface area contributed by atoms with Gasteiger partial charge in [0, 0.05) is 55.3 Å². The molecule has 2 aliphatic heterocycles. The van der Waals surface area contributed by atoms with Crippen LogP contribution in [0.4, 0.5) is 16.4 Å². The summed E-state index contributed by atoms with van der Waals surface area (Å²) in [5.74, 6) is 1.75. The number of nitrogens with one attached hydrogen (secondary N) is 1. The van der Waals surface area contributed by atoms with E-state index in [1.807, 2.05) is 75.1 Å². The Balaban J connectivity index is 1.26. The highest BCUT2D eigenvalue weighted by molar-refractivity contribution is 6.06. The summed E-state index contributed by atoms with van der Waals surface area (Å²) < 4.78 is 12.2. The zero-order valence-corrected chi connectivity index (χ0v) is 27.1. The van der Waals surface area contributed by atoms with Crippen molar-refractivity contribution in [3.63, 3.8) is 0 Å². The second-order valence-corrected chi connectivity index (χ2v) is 13.1. The standard InChI is InChI=1S/C36H42N6O4/c1-24-16-17-26-27(12-8-14-30(26)42-22-7-5-6-15-31(42)43)32(24)45-33-28(13-9-19-37-33)29-18-20-38-34(40-29)39-25-11-10-21-41(23-25)35(44)46-36(2,3)4/h8-9,12-14,16-20,25H,5-7,10-11,15,21-23H2,1-4H3,(H,38,39,40). The second kappa shape index (κ2) is 13.3. The Morgan fingerprint density at radius 1 is 0.935 bits per heavy atom. The number of hydrogen-bond acceptors (Lipinski definition) is 8. The van der Waals surface area contributed by atoms with Crippen molar-refractivity contribution in [3.8, 4) is 22.9 Å². The lowest BCUT2D eigenvalue weighted by Gasteiger charge is -2.34. The molecule has 4 heterocycles. The number of aromatic nitrogens is 3. The van der Waals surface area contributed by atoms with Crippen molar-refractivity contribution in [2.75, 3.05) is 29.9 Å². The van der Waals surface area contributed by atoms with E-state index in [1.54, 1.807) is 17.3 Å². The molecule has 1 N–H and O–H groups in total. The zero-order chi connectivity index (χ0) is 32.3. The summed E-state index contributed by atoms with van der Waals surface area (Å²) in [7, 11) is 0. The van der Waals surface area contributed by atoms with Crippen molar-refractivity contribution in [2.24, 2.45) is 0 Å². The molecule has 0 aliphatic carbocycles. The Morgan fingerprint density at radius 3 is 2.65 bits per heavy atom. The van der Waals surface area contributed by atoms with Gasteiger partial charge < -0.3 is 24.6 Å². The van der Waals surface area contributed by atoms with Gasteiger partial charge in [-0.3, -0.25) is 4.79 Å². The highest BCUT2D eigenvalue weighted by atomic mass is 16.6. The largest absolute Gasteiger partial charge is 0.444 e. The molecule has 46 heavy (non-hydrogen) atoms. The molecule has 2 aromatic heterocycles. The van der Waals surface area contributed by atoms with Gasteiger partial charge in [-0.2, -0.15) is 0 Å². The van der Waals surface area contributed by atoms with E-state index in [0.717, 1.165) is 66.2 Å². The van der Waals surface area contributed by atoms with Crippen LogP contribution in [-0.2, 0) is 9.53 Å². The molecule has 0 saturated carbocycles. The molecule has 2 aliphatic rings. The van der Waals surface area contributed by atoms with Crippen LogP contribution in [0.5, 0.6) is 11.6 Å². The molecule has 0 bridgehead atoms. The molecule has 2 aromatic carbocycles. The van der Waals surface area contributed by atoms with Crippen LogP contribution in [0.15, 0.2) is 60.9 Å². The number of rotatable bonds is 6. The molecule has 10 nitrogen and oxygen atoms in total. The number of benzene rings is 2. The number of likely N-dealkylation sites (tertiary alicyclic amines) is 1. The normalized spacial score (nSPS) is 17.5. The maximum Gasteiger partial charge on any atom is 0.410 e. The number of pyridine rings is 1.